The van der Waals surface area contributed by atoms with Crippen molar-refractivity contribution in [3.05, 3.63) is 41.7 Å². The Kier molecular flexibility index (Phi) is 6.07. The van der Waals surface area contributed by atoms with Gasteiger partial charge in [-0.3, -0.25) is 4.98 Å². The largest absolute Gasteiger partial charge is 0.354 e. The first-order chi connectivity index (χ1) is 15.2. The molecule has 1 aromatic heterocycles. The van der Waals surface area contributed by atoms with Crippen molar-refractivity contribution < 1.29 is 0 Å². The Labute approximate surface area is 185 Å². The average Bonchev–Trinajstić information content (AvgIpc) is 3.65. The van der Waals surface area contributed by atoms with Gasteiger partial charge in [-0.05, 0) is 75.2 Å². The molecule has 2 saturated heterocycles. The number of piperidine rings is 2. The van der Waals surface area contributed by atoms with E-state index in [0.717, 1.165) is 55.0 Å². The van der Waals surface area contributed by atoms with Crippen LogP contribution < -0.4 is 21.7 Å². The van der Waals surface area contributed by atoms with Crippen LogP contribution in [0.4, 0.5) is 17.3 Å². The first-order valence-corrected chi connectivity index (χ1v) is 11.9. The van der Waals surface area contributed by atoms with Gasteiger partial charge in [-0.25, -0.2) is 4.98 Å². The zero-order chi connectivity index (χ0) is 21.2. The summed E-state index contributed by atoms with van der Waals surface area (Å²) >= 11 is 0. The van der Waals surface area contributed by atoms with Gasteiger partial charge in [0, 0.05) is 37.4 Å². The number of benzene rings is 1. The lowest BCUT2D eigenvalue weighted by Crippen LogP contribution is -2.43. The van der Waals surface area contributed by atoms with Gasteiger partial charge in [0.2, 0.25) is 0 Å². The summed E-state index contributed by atoms with van der Waals surface area (Å²) < 4.78 is 0. The van der Waals surface area contributed by atoms with Crippen LogP contribution in [0.25, 0.3) is 0 Å². The number of rotatable bonds is 6. The molecule has 1 aliphatic carbocycles. The van der Waals surface area contributed by atoms with E-state index in [2.05, 4.69) is 44.4 Å². The molecule has 0 spiro atoms. The van der Waals surface area contributed by atoms with Gasteiger partial charge >= 0.3 is 0 Å². The van der Waals surface area contributed by atoms with Crippen molar-refractivity contribution >= 4 is 17.3 Å². The highest BCUT2D eigenvalue weighted by Crippen LogP contribution is 2.35. The quantitative estimate of drug-likeness (QED) is 0.660. The van der Waals surface area contributed by atoms with Crippen molar-refractivity contribution in [1.82, 2.24) is 14.9 Å². The number of aromatic nitrogens is 2. The van der Waals surface area contributed by atoms with E-state index in [-0.39, 0.29) is 6.04 Å². The standard InChI is InChI=1S/C24H35N7/c25-14-22-24(29-23(15-27-22)31-11-1-2-19(26)16-31)28-20-5-3-17(4-6-20)18-9-12-30(13-10-18)21-7-8-21/h3-6,15,18-19,21H,1-2,7-14,16,25-26H2,(H,28,29)/t19-/m1/s1. The van der Waals surface area contributed by atoms with Crippen LogP contribution in [0.15, 0.2) is 30.5 Å². The van der Waals surface area contributed by atoms with Crippen LogP contribution in [-0.4, -0.2) is 53.1 Å². The molecule has 0 amide bonds. The molecule has 3 fully saturated rings. The van der Waals surface area contributed by atoms with Crippen LogP contribution in [0, 0.1) is 0 Å². The topological polar surface area (TPSA) is 96.3 Å². The van der Waals surface area contributed by atoms with Crippen LogP contribution in [0.5, 0.6) is 0 Å². The molecule has 0 radical (unpaired) electrons. The van der Waals surface area contributed by atoms with E-state index < -0.39 is 0 Å². The molecule has 0 unspecified atom stereocenters. The van der Waals surface area contributed by atoms with Crippen molar-refractivity contribution in [3.63, 3.8) is 0 Å². The molecule has 0 bridgehead atoms. The summed E-state index contributed by atoms with van der Waals surface area (Å²) in [6.45, 7) is 4.64. The first kappa shape index (κ1) is 20.7. The van der Waals surface area contributed by atoms with Gasteiger partial charge in [-0.2, -0.15) is 0 Å². The molecule has 1 saturated carbocycles. The minimum absolute atomic E-state index is 0.199. The predicted molar refractivity (Wildman–Crippen MR) is 126 cm³/mol. The second-order valence-corrected chi connectivity index (χ2v) is 9.36. The lowest BCUT2D eigenvalue weighted by molar-refractivity contribution is 0.203. The van der Waals surface area contributed by atoms with E-state index in [4.69, 9.17) is 16.5 Å². The van der Waals surface area contributed by atoms with Crippen molar-refractivity contribution in [2.45, 2.75) is 63.1 Å². The SMILES string of the molecule is NCc1ncc(N2CCC[C@@H](N)C2)nc1Nc1ccc(C2CCN(C3CC3)CC2)cc1. The maximum Gasteiger partial charge on any atom is 0.155 e. The highest BCUT2D eigenvalue weighted by Gasteiger charge is 2.32. The minimum Gasteiger partial charge on any atom is -0.354 e. The fourth-order valence-corrected chi connectivity index (χ4v) is 5.04. The zero-order valence-corrected chi connectivity index (χ0v) is 18.3. The number of nitrogens with two attached hydrogens (primary N) is 2. The Morgan fingerprint density at radius 3 is 2.45 bits per heavy atom. The maximum atomic E-state index is 6.15. The van der Waals surface area contributed by atoms with Gasteiger partial charge in [-0.1, -0.05) is 12.1 Å². The maximum absolute atomic E-state index is 6.15. The number of nitrogens with zero attached hydrogens (tertiary/aromatic N) is 4. The summed E-state index contributed by atoms with van der Waals surface area (Å²) in [6.07, 6.45) is 9.34. The lowest BCUT2D eigenvalue weighted by Gasteiger charge is -2.32. The van der Waals surface area contributed by atoms with Crippen molar-refractivity contribution in [2.24, 2.45) is 11.5 Å². The molecule has 166 valence electrons. The average molecular weight is 422 g/mol. The zero-order valence-electron chi connectivity index (χ0n) is 18.3. The fourth-order valence-electron chi connectivity index (χ4n) is 5.04. The van der Waals surface area contributed by atoms with E-state index in [1.165, 1.54) is 44.3 Å². The lowest BCUT2D eigenvalue weighted by atomic mass is 9.89. The summed E-state index contributed by atoms with van der Waals surface area (Å²) in [6, 6.07) is 9.94. The number of nitrogens with one attached hydrogen (secondary N) is 1. The van der Waals surface area contributed by atoms with Gasteiger partial charge in [0.05, 0.1) is 11.9 Å². The highest BCUT2D eigenvalue weighted by molar-refractivity contribution is 5.60. The van der Waals surface area contributed by atoms with Crippen LogP contribution in [0.1, 0.15) is 55.7 Å². The van der Waals surface area contributed by atoms with Crippen molar-refractivity contribution in [1.29, 1.82) is 0 Å². The van der Waals surface area contributed by atoms with Crippen molar-refractivity contribution in [2.75, 3.05) is 36.4 Å². The molecule has 5 N–H and O–H groups in total. The van der Waals surface area contributed by atoms with Crippen LogP contribution in [0.3, 0.4) is 0 Å². The third-order valence-electron chi connectivity index (χ3n) is 7.05. The summed E-state index contributed by atoms with van der Waals surface area (Å²) in [5, 5.41) is 3.45. The molecular weight excluding hydrogens is 386 g/mol. The molecule has 7 nitrogen and oxygen atoms in total. The van der Waals surface area contributed by atoms with Gasteiger partial charge < -0.3 is 26.6 Å². The Bertz CT molecular complexity index is 872. The summed E-state index contributed by atoms with van der Waals surface area (Å²) in [7, 11) is 0. The molecule has 2 aliphatic heterocycles. The Balaban J connectivity index is 1.26. The predicted octanol–water partition coefficient (Wildman–Crippen LogP) is 2.95. The number of likely N-dealkylation sites (tertiary alicyclic amines) is 1. The van der Waals surface area contributed by atoms with Crippen LogP contribution in [0.2, 0.25) is 0 Å². The molecule has 3 heterocycles. The molecular formula is C24H35N7. The molecule has 1 aromatic carbocycles. The van der Waals surface area contributed by atoms with E-state index in [0.29, 0.717) is 12.5 Å². The molecule has 2 aromatic rings. The van der Waals surface area contributed by atoms with Crippen LogP contribution >= 0.6 is 0 Å². The summed E-state index contributed by atoms with van der Waals surface area (Å²) in [4.78, 5) is 14.3. The van der Waals surface area contributed by atoms with E-state index in [1.54, 1.807) is 0 Å². The Morgan fingerprint density at radius 1 is 1.00 bits per heavy atom. The number of hydrogen-bond donors (Lipinski definition) is 3. The van der Waals surface area contributed by atoms with E-state index in [1.807, 2.05) is 6.20 Å². The highest BCUT2D eigenvalue weighted by atomic mass is 15.2. The van der Waals surface area contributed by atoms with Crippen molar-refractivity contribution in [3.8, 4) is 0 Å². The molecule has 1 atom stereocenters. The fraction of sp³-hybridized carbons (Fsp3) is 0.583. The van der Waals surface area contributed by atoms with Gasteiger partial charge in [-0.15, -0.1) is 0 Å². The molecule has 5 rings (SSSR count). The smallest absolute Gasteiger partial charge is 0.155 e. The van der Waals surface area contributed by atoms with Gasteiger partial charge in [0.15, 0.2) is 5.82 Å². The van der Waals surface area contributed by atoms with Gasteiger partial charge in [0.1, 0.15) is 5.82 Å². The third-order valence-corrected chi connectivity index (χ3v) is 7.05. The first-order valence-electron chi connectivity index (χ1n) is 11.9. The van der Waals surface area contributed by atoms with E-state index in [9.17, 15) is 0 Å². The number of anilines is 3. The Hall–Kier alpha value is -2.22. The molecule has 3 aliphatic rings. The monoisotopic (exact) mass is 421 g/mol. The normalized spacial score (nSPS) is 23.2. The van der Waals surface area contributed by atoms with E-state index >= 15 is 0 Å². The molecule has 7 heteroatoms. The second-order valence-electron chi connectivity index (χ2n) is 9.36. The third kappa shape index (κ3) is 4.84. The van der Waals surface area contributed by atoms with Crippen LogP contribution in [-0.2, 0) is 6.54 Å². The second kappa shape index (κ2) is 9.10. The summed E-state index contributed by atoms with van der Waals surface area (Å²) in [5.74, 6) is 2.29. The Morgan fingerprint density at radius 2 is 1.77 bits per heavy atom. The molecule has 31 heavy (non-hydrogen) atoms. The minimum atomic E-state index is 0.199. The summed E-state index contributed by atoms with van der Waals surface area (Å²) in [5.41, 5.74) is 15.3. The van der Waals surface area contributed by atoms with Gasteiger partial charge in [0.25, 0.3) is 0 Å². The number of hydrogen-bond acceptors (Lipinski definition) is 7.